The number of amides is 2. The Morgan fingerprint density at radius 3 is 2.04 bits per heavy atom. The van der Waals surface area contributed by atoms with Gasteiger partial charge in [0.15, 0.2) is 5.76 Å². The van der Waals surface area contributed by atoms with Crippen LogP contribution in [0.4, 0.5) is 4.39 Å². The minimum atomic E-state index is -0.660. The van der Waals surface area contributed by atoms with E-state index in [9.17, 15) is 19.1 Å². The number of imide groups is 1. The molecule has 0 saturated heterocycles. The van der Waals surface area contributed by atoms with Crippen LogP contribution >= 0.6 is 0 Å². The number of hydrogen-bond acceptors (Lipinski definition) is 3. The molecule has 0 saturated carbocycles. The van der Waals surface area contributed by atoms with E-state index in [1.165, 1.54) is 56.4 Å². The maximum absolute atomic E-state index is 13.0. The van der Waals surface area contributed by atoms with Crippen molar-refractivity contribution in [3.8, 4) is 0 Å². The molecule has 0 aliphatic carbocycles. The molecule has 25 heavy (non-hydrogen) atoms. The lowest BCUT2D eigenvalue weighted by molar-refractivity contribution is -0.138. The fourth-order valence-corrected chi connectivity index (χ4v) is 3.05. The topological polar surface area (TPSA) is 57.6 Å². The molecule has 1 N–H and O–H groups in total. The van der Waals surface area contributed by atoms with E-state index in [1.807, 2.05) is 0 Å². The Hall–Kier alpha value is -2.17. The minimum absolute atomic E-state index is 0.0374. The maximum Gasteiger partial charge on any atom is 0.296 e. The first kappa shape index (κ1) is 19.2. The molecule has 0 atom stereocenters. The molecule has 1 aromatic carbocycles. The van der Waals surface area contributed by atoms with Gasteiger partial charge in [-0.1, -0.05) is 64.0 Å². The van der Waals surface area contributed by atoms with E-state index in [1.54, 1.807) is 0 Å². The van der Waals surface area contributed by atoms with E-state index in [2.05, 4.69) is 6.92 Å². The summed E-state index contributed by atoms with van der Waals surface area (Å²) in [4.78, 5) is 25.7. The summed E-state index contributed by atoms with van der Waals surface area (Å²) in [6.45, 7) is 2.50. The average Bonchev–Trinajstić information content (AvgIpc) is 2.81. The monoisotopic (exact) mass is 347 g/mol. The summed E-state index contributed by atoms with van der Waals surface area (Å²) in [6.07, 6.45) is 8.94. The lowest BCUT2D eigenvalue weighted by Gasteiger charge is -2.14. The number of aliphatic hydroxyl groups excluding tert-OH is 1. The van der Waals surface area contributed by atoms with E-state index < -0.39 is 23.4 Å². The summed E-state index contributed by atoms with van der Waals surface area (Å²) in [5.74, 6) is -2.14. The van der Waals surface area contributed by atoms with Crippen LogP contribution in [0.2, 0.25) is 0 Å². The van der Waals surface area contributed by atoms with E-state index in [-0.39, 0.29) is 5.57 Å². The molecule has 2 rings (SSSR count). The van der Waals surface area contributed by atoms with Crippen LogP contribution in [-0.4, -0.2) is 28.4 Å². The number of benzene rings is 1. The van der Waals surface area contributed by atoms with Gasteiger partial charge in [-0.2, -0.15) is 0 Å². The van der Waals surface area contributed by atoms with Gasteiger partial charge in [-0.05, 0) is 24.1 Å². The Bertz CT molecular complexity index is 637. The first-order chi connectivity index (χ1) is 12.1. The van der Waals surface area contributed by atoms with Gasteiger partial charge in [0, 0.05) is 6.54 Å². The summed E-state index contributed by atoms with van der Waals surface area (Å²) in [5.41, 5.74) is 0.320. The van der Waals surface area contributed by atoms with Crippen molar-refractivity contribution < 1.29 is 19.1 Å². The maximum atomic E-state index is 13.0. The van der Waals surface area contributed by atoms with Crippen LogP contribution in [0.15, 0.2) is 30.0 Å². The average molecular weight is 347 g/mol. The molecule has 1 aliphatic heterocycles. The van der Waals surface area contributed by atoms with Crippen LogP contribution < -0.4 is 0 Å². The molecule has 1 aliphatic rings. The Balaban J connectivity index is 1.83. The zero-order chi connectivity index (χ0) is 18.2. The number of unbranched alkanes of at least 4 members (excludes halogenated alkanes) is 7. The van der Waals surface area contributed by atoms with E-state index in [0.717, 1.165) is 24.2 Å². The van der Waals surface area contributed by atoms with Crippen molar-refractivity contribution >= 4 is 17.4 Å². The van der Waals surface area contributed by atoms with Crippen LogP contribution in [0.1, 0.15) is 63.9 Å². The van der Waals surface area contributed by atoms with Crippen molar-refractivity contribution in [3.63, 3.8) is 0 Å². The lowest BCUT2D eigenvalue weighted by Crippen LogP contribution is -2.32. The van der Waals surface area contributed by atoms with Gasteiger partial charge in [0.25, 0.3) is 11.8 Å². The van der Waals surface area contributed by atoms with Crippen LogP contribution in [0, 0.1) is 5.82 Å². The van der Waals surface area contributed by atoms with Gasteiger partial charge < -0.3 is 5.11 Å². The van der Waals surface area contributed by atoms with Gasteiger partial charge in [0.1, 0.15) is 5.82 Å². The second kappa shape index (κ2) is 9.35. The van der Waals surface area contributed by atoms with Gasteiger partial charge >= 0.3 is 0 Å². The summed E-state index contributed by atoms with van der Waals surface area (Å²) in [5, 5.41) is 10.0. The minimum Gasteiger partial charge on any atom is -0.502 e. The Labute approximate surface area is 148 Å². The fourth-order valence-electron chi connectivity index (χ4n) is 3.05. The first-order valence-electron chi connectivity index (χ1n) is 9.11. The molecule has 0 aromatic heterocycles. The third-order valence-corrected chi connectivity index (χ3v) is 4.51. The van der Waals surface area contributed by atoms with Crippen LogP contribution in [0.5, 0.6) is 0 Å². The van der Waals surface area contributed by atoms with Crippen molar-refractivity contribution in [2.45, 2.75) is 58.3 Å². The van der Waals surface area contributed by atoms with Crippen molar-refractivity contribution in [1.82, 2.24) is 4.90 Å². The Kier molecular flexibility index (Phi) is 7.16. The first-order valence-corrected chi connectivity index (χ1v) is 9.11. The highest BCUT2D eigenvalue weighted by Gasteiger charge is 2.38. The molecular weight excluding hydrogens is 321 g/mol. The molecule has 0 spiro atoms. The summed E-state index contributed by atoms with van der Waals surface area (Å²) < 4.78 is 13.0. The third kappa shape index (κ3) is 4.91. The molecule has 4 nitrogen and oxygen atoms in total. The quantitative estimate of drug-likeness (QED) is 0.497. The van der Waals surface area contributed by atoms with Crippen LogP contribution in [0.25, 0.3) is 5.57 Å². The molecular formula is C20H26FNO3. The number of carbonyl (C=O) groups is 2. The lowest BCUT2D eigenvalue weighted by atomic mass is 10.1. The number of hydrogen-bond donors (Lipinski definition) is 1. The SMILES string of the molecule is CCCCCCCCCCN1C(=O)C(O)=C(c2ccc(F)cc2)C1=O. The number of aliphatic hydroxyl groups is 1. The van der Waals surface area contributed by atoms with Crippen molar-refractivity contribution in [2.24, 2.45) is 0 Å². The van der Waals surface area contributed by atoms with Gasteiger partial charge in [-0.25, -0.2) is 4.39 Å². The number of halogens is 1. The number of carbonyl (C=O) groups excluding carboxylic acids is 2. The standard InChI is InChI=1S/C20H26FNO3/c1-2-3-4-5-6-7-8-9-14-22-19(24)17(18(23)20(22)25)15-10-12-16(21)13-11-15/h10-13,23H,2-9,14H2,1H3. The molecule has 0 fully saturated rings. The smallest absolute Gasteiger partial charge is 0.296 e. The number of nitrogens with zero attached hydrogens (tertiary/aromatic N) is 1. The van der Waals surface area contributed by atoms with Gasteiger partial charge in [-0.3, -0.25) is 14.5 Å². The highest BCUT2D eigenvalue weighted by atomic mass is 19.1. The molecule has 0 bridgehead atoms. The molecule has 0 radical (unpaired) electrons. The zero-order valence-corrected chi connectivity index (χ0v) is 14.8. The van der Waals surface area contributed by atoms with Gasteiger partial charge in [0.2, 0.25) is 0 Å². The van der Waals surface area contributed by atoms with E-state index >= 15 is 0 Å². The van der Waals surface area contributed by atoms with Gasteiger partial charge in [0.05, 0.1) is 5.57 Å². The fraction of sp³-hybridized carbons (Fsp3) is 0.500. The summed E-state index contributed by atoms with van der Waals surface area (Å²) in [6, 6.07) is 5.20. The summed E-state index contributed by atoms with van der Waals surface area (Å²) >= 11 is 0. The molecule has 1 aromatic rings. The Morgan fingerprint density at radius 1 is 0.880 bits per heavy atom. The van der Waals surface area contributed by atoms with Crippen molar-refractivity contribution in [2.75, 3.05) is 6.54 Å². The predicted octanol–water partition coefficient (Wildman–Crippen LogP) is 4.60. The van der Waals surface area contributed by atoms with E-state index in [4.69, 9.17) is 0 Å². The summed E-state index contributed by atoms with van der Waals surface area (Å²) in [7, 11) is 0. The predicted molar refractivity (Wildman–Crippen MR) is 95.3 cm³/mol. The molecule has 0 unspecified atom stereocenters. The molecule has 1 heterocycles. The van der Waals surface area contributed by atoms with Crippen molar-refractivity contribution in [1.29, 1.82) is 0 Å². The number of rotatable bonds is 10. The second-order valence-electron chi connectivity index (χ2n) is 6.47. The Morgan fingerprint density at radius 2 is 1.44 bits per heavy atom. The van der Waals surface area contributed by atoms with Gasteiger partial charge in [-0.15, -0.1) is 0 Å². The highest BCUT2D eigenvalue weighted by Crippen LogP contribution is 2.28. The van der Waals surface area contributed by atoms with E-state index in [0.29, 0.717) is 12.1 Å². The van der Waals surface area contributed by atoms with Crippen molar-refractivity contribution in [3.05, 3.63) is 41.4 Å². The second-order valence-corrected chi connectivity index (χ2v) is 6.47. The zero-order valence-electron chi connectivity index (χ0n) is 14.8. The third-order valence-electron chi connectivity index (χ3n) is 4.51. The molecule has 136 valence electrons. The van der Waals surface area contributed by atoms with Crippen LogP contribution in [0.3, 0.4) is 0 Å². The van der Waals surface area contributed by atoms with Crippen LogP contribution in [-0.2, 0) is 9.59 Å². The highest BCUT2D eigenvalue weighted by molar-refractivity contribution is 6.34. The normalized spacial score (nSPS) is 14.7. The molecule has 5 heteroatoms. The molecule has 2 amide bonds. The largest absolute Gasteiger partial charge is 0.502 e.